The Hall–Kier alpha value is -2.44. The summed E-state index contributed by atoms with van der Waals surface area (Å²) in [4.78, 5) is 11.7. The van der Waals surface area contributed by atoms with Crippen molar-refractivity contribution in [3.63, 3.8) is 0 Å². The van der Waals surface area contributed by atoms with Gasteiger partial charge in [-0.15, -0.1) is 5.10 Å². The number of anilines is 1. The molecule has 2 rings (SSSR count). The van der Waals surface area contributed by atoms with Crippen LogP contribution in [-0.2, 0) is 6.54 Å². The van der Waals surface area contributed by atoms with Crippen molar-refractivity contribution in [2.45, 2.75) is 6.54 Å². The quantitative estimate of drug-likeness (QED) is 0.769. The van der Waals surface area contributed by atoms with Crippen molar-refractivity contribution in [2.24, 2.45) is 0 Å². The molecule has 0 fully saturated rings. The van der Waals surface area contributed by atoms with Gasteiger partial charge >= 0.3 is 0 Å². The number of amides is 1. The lowest BCUT2D eigenvalue weighted by molar-refractivity contribution is 0.0951. The van der Waals surface area contributed by atoms with Crippen LogP contribution in [0.2, 0.25) is 0 Å². The molecule has 0 aliphatic rings. The number of nitrogens with zero attached hydrogens (tertiary/aromatic N) is 3. The summed E-state index contributed by atoms with van der Waals surface area (Å²) in [6.07, 6.45) is 3.24. The van der Waals surface area contributed by atoms with E-state index in [2.05, 4.69) is 15.6 Å². The lowest BCUT2D eigenvalue weighted by atomic mass is 10.2. The van der Waals surface area contributed by atoms with Crippen LogP contribution in [0.4, 0.5) is 10.1 Å². The number of rotatable bonds is 4. The third-order valence-electron chi connectivity index (χ3n) is 2.36. The standard InChI is InChI=1S/C11H12FN5O/c12-9-7-8(1-2-10(9)13)11(18)14-3-5-17-6-4-15-16-17/h1-2,4,6-7H,3,5,13H2,(H,14,18). The van der Waals surface area contributed by atoms with Crippen molar-refractivity contribution in [3.8, 4) is 0 Å². The number of halogens is 1. The number of nitrogens with one attached hydrogen (secondary N) is 1. The molecule has 1 heterocycles. The molecule has 1 aromatic heterocycles. The minimum absolute atomic E-state index is 0.0224. The van der Waals surface area contributed by atoms with E-state index in [1.54, 1.807) is 17.1 Å². The molecule has 2 aromatic rings. The van der Waals surface area contributed by atoms with E-state index in [0.717, 1.165) is 6.07 Å². The molecule has 0 saturated heterocycles. The van der Waals surface area contributed by atoms with Crippen LogP contribution >= 0.6 is 0 Å². The van der Waals surface area contributed by atoms with Crippen molar-refractivity contribution < 1.29 is 9.18 Å². The van der Waals surface area contributed by atoms with Crippen LogP contribution in [0.3, 0.4) is 0 Å². The molecule has 0 aliphatic carbocycles. The highest BCUT2D eigenvalue weighted by atomic mass is 19.1. The van der Waals surface area contributed by atoms with Crippen LogP contribution in [0.15, 0.2) is 30.6 Å². The molecule has 0 bridgehead atoms. The molecule has 6 nitrogen and oxygen atoms in total. The predicted molar refractivity (Wildman–Crippen MR) is 63.2 cm³/mol. The third kappa shape index (κ3) is 2.82. The van der Waals surface area contributed by atoms with Crippen molar-refractivity contribution >= 4 is 11.6 Å². The maximum absolute atomic E-state index is 13.2. The maximum atomic E-state index is 13.2. The fourth-order valence-electron chi connectivity index (χ4n) is 1.41. The van der Waals surface area contributed by atoms with Gasteiger partial charge < -0.3 is 11.1 Å². The van der Waals surface area contributed by atoms with E-state index in [1.165, 1.54) is 12.1 Å². The van der Waals surface area contributed by atoms with Gasteiger partial charge in [0.05, 0.1) is 18.4 Å². The molecular weight excluding hydrogens is 237 g/mol. The monoisotopic (exact) mass is 249 g/mol. The van der Waals surface area contributed by atoms with E-state index in [0.29, 0.717) is 13.1 Å². The summed E-state index contributed by atoms with van der Waals surface area (Å²) in [5, 5.41) is 10.0. The summed E-state index contributed by atoms with van der Waals surface area (Å²) >= 11 is 0. The topological polar surface area (TPSA) is 85.8 Å². The molecule has 1 aromatic carbocycles. The Morgan fingerprint density at radius 1 is 1.50 bits per heavy atom. The summed E-state index contributed by atoms with van der Waals surface area (Å²) in [5.41, 5.74) is 5.59. The first kappa shape index (κ1) is 12.0. The highest BCUT2D eigenvalue weighted by Gasteiger charge is 2.07. The largest absolute Gasteiger partial charge is 0.396 e. The number of hydrogen-bond donors (Lipinski definition) is 2. The molecule has 0 radical (unpaired) electrons. The molecule has 0 atom stereocenters. The maximum Gasteiger partial charge on any atom is 0.251 e. The number of carbonyl (C=O) groups excluding carboxylic acids is 1. The second-order valence-corrected chi connectivity index (χ2v) is 3.66. The van der Waals surface area contributed by atoms with Crippen molar-refractivity contribution in [1.29, 1.82) is 0 Å². The van der Waals surface area contributed by atoms with Crippen LogP contribution in [0.25, 0.3) is 0 Å². The van der Waals surface area contributed by atoms with Crippen molar-refractivity contribution in [3.05, 3.63) is 42.0 Å². The van der Waals surface area contributed by atoms with E-state index in [-0.39, 0.29) is 17.2 Å². The number of nitrogen functional groups attached to an aromatic ring is 1. The van der Waals surface area contributed by atoms with Crippen LogP contribution in [-0.4, -0.2) is 27.4 Å². The van der Waals surface area contributed by atoms with Crippen molar-refractivity contribution in [2.75, 3.05) is 12.3 Å². The van der Waals surface area contributed by atoms with Gasteiger partial charge in [0, 0.05) is 18.3 Å². The fourth-order valence-corrected chi connectivity index (χ4v) is 1.41. The molecule has 0 unspecified atom stereocenters. The van der Waals surface area contributed by atoms with E-state index in [4.69, 9.17) is 5.73 Å². The van der Waals surface area contributed by atoms with E-state index in [9.17, 15) is 9.18 Å². The summed E-state index contributed by atoms with van der Waals surface area (Å²) in [5.74, 6) is -0.951. The Morgan fingerprint density at radius 3 is 3.00 bits per heavy atom. The average Bonchev–Trinajstić information content (AvgIpc) is 2.85. The number of benzene rings is 1. The molecule has 1 amide bonds. The molecular formula is C11H12FN5O. The number of carbonyl (C=O) groups is 1. The Balaban J connectivity index is 1.89. The number of hydrogen-bond acceptors (Lipinski definition) is 4. The Kier molecular flexibility index (Phi) is 3.52. The zero-order valence-electron chi connectivity index (χ0n) is 9.51. The van der Waals surface area contributed by atoms with Gasteiger partial charge in [0.25, 0.3) is 5.91 Å². The van der Waals surface area contributed by atoms with Crippen LogP contribution in [0.1, 0.15) is 10.4 Å². The first-order valence-electron chi connectivity index (χ1n) is 5.34. The first-order chi connectivity index (χ1) is 8.66. The van der Waals surface area contributed by atoms with Gasteiger partial charge in [-0.2, -0.15) is 0 Å². The molecule has 7 heteroatoms. The minimum atomic E-state index is -0.598. The number of aromatic nitrogens is 3. The lowest BCUT2D eigenvalue weighted by Crippen LogP contribution is -2.27. The Labute approximate surface area is 103 Å². The fraction of sp³-hybridized carbons (Fsp3) is 0.182. The van der Waals surface area contributed by atoms with Crippen LogP contribution in [0, 0.1) is 5.82 Å². The average molecular weight is 249 g/mol. The van der Waals surface area contributed by atoms with E-state index < -0.39 is 5.82 Å². The predicted octanol–water partition coefficient (Wildman–Crippen LogP) is 0.429. The Morgan fingerprint density at radius 2 is 2.33 bits per heavy atom. The van der Waals surface area contributed by atoms with Gasteiger partial charge in [-0.1, -0.05) is 5.21 Å². The molecule has 0 spiro atoms. The summed E-state index contributed by atoms with van der Waals surface area (Å²) in [6, 6.07) is 3.95. The Bertz CT molecular complexity index is 540. The highest BCUT2D eigenvalue weighted by molar-refractivity contribution is 5.94. The summed E-state index contributed by atoms with van der Waals surface area (Å²) < 4.78 is 14.7. The molecule has 0 aliphatic heterocycles. The summed E-state index contributed by atoms with van der Waals surface area (Å²) in [6.45, 7) is 0.886. The van der Waals surface area contributed by atoms with Gasteiger partial charge in [0.1, 0.15) is 5.82 Å². The molecule has 94 valence electrons. The normalized spacial score (nSPS) is 10.3. The second-order valence-electron chi connectivity index (χ2n) is 3.66. The molecule has 3 N–H and O–H groups in total. The smallest absolute Gasteiger partial charge is 0.251 e. The van der Waals surface area contributed by atoms with Gasteiger partial charge in [0.15, 0.2) is 0 Å². The van der Waals surface area contributed by atoms with Gasteiger partial charge in [-0.25, -0.2) is 4.39 Å². The van der Waals surface area contributed by atoms with E-state index in [1.807, 2.05) is 0 Å². The summed E-state index contributed by atoms with van der Waals surface area (Å²) in [7, 11) is 0. The molecule has 18 heavy (non-hydrogen) atoms. The number of nitrogens with two attached hydrogens (primary N) is 1. The SMILES string of the molecule is Nc1ccc(C(=O)NCCn2ccnn2)cc1F. The van der Waals surface area contributed by atoms with E-state index >= 15 is 0 Å². The minimum Gasteiger partial charge on any atom is -0.396 e. The van der Waals surface area contributed by atoms with Gasteiger partial charge in [0.2, 0.25) is 0 Å². The molecule has 0 saturated carbocycles. The highest BCUT2D eigenvalue weighted by Crippen LogP contribution is 2.11. The zero-order chi connectivity index (χ0) is 13.0. The first-order valence-corrected chi connectivity index (χ1v) is 5.34. The van der Waals surface area contributed by atoms with Crippen molar-refractivity contribution in [1.82, 2.24) is 20.3 Å². The zero-order valence-corrected chi connectivity index (χ0v) is 9.51. The van der Waals surface area contributed by atoms with Crippen LogP contribution in [0.5, 0.6) is 0 Å². The second kappa shape index (κ2) is 5.26. The lowest BCUT2D eigenvalue weighted by Gasteiger charge is -2.05. The van der Waals surface area contributed by atoms with Crippen LogP contribution < -0.4 is 11.1 Å². The third-order valence-corrected chi connectivity index (χ3v) is 2.36. The van der Waals surface area contributed by atoms with Gasteiger partial charge in [-0.05, 0) is 18.2 Å². The van der Waals surface area contributed by atoms with Gasteiger partial charge in [-0.3, -0.25) is 9.48 Å².